The zero-order valence-electron chi connectivity index (χ0n) is 40.0. The van der Waals surface area contributed by atoms with Crippen LogP contribution in [0.1, 0.15) is 16.7 Å². The summed E-state index contributed by atoms with van der Waals surface area (Å²) in [6.45, 7) is 0. The van der Waals surface area contributed by atoms with Gasteiger partial charge in [0.25, 0.3) is 0 Å². The van der Waals surface area contributed by atoms with Gasteiger partial charge in [0.15, 0.2) is 0 Å². The first-order chi connectivity index (χ1) is 38.2. The van der Waals surface area contributed by atoms with E-state index in [0.29, 0.717) is 0 Å². The highest BCUT2D eigenvalue weighted by atomic mass is 31.1. The monoisotopic (exact) mass is 1410 g/mol. The van der Waals surface area contributed by atoms with E-state index in [4.69, 9.17) is 0 Å². The molecule has 0 saturated carbocycles. The molecule has 3 aromatic rings. The van der Waals surface area contributed by atoms with E-state index in [0.717, 1.165) is 0 Å². The van der Waals surface area contributed by atoms with Crippen LogP contribution >= 0.6 is 7.92 Å². The highest BCUT2D eigenvalue weighted by Crippen LogP contribution is 2.66. The van der Waals surface area contributed by atoms with Crippen LogP contribution in [0.2, 0.25) is 0 Å². The van der Waals surface area contributed by atoms with Crippen molar-refractivity contribution in [2.75, 3.05) is 0 Å². The second-order valence-electron chi connectivity index (χ2n) is 18.1. The van der Waals surface area contributed by atoms with Crippen molar-refractivity contribution in [2.45, 2.75) is 144 Å². The topological polar surface area (TPSA) is 0 Å². The first-order valence-electron chi connectivity index (χ1n) is 21.3. The molecule has 0 heterocycles. The molecule has 3 aromatic carbocycles. The standard InChI is InChI=1S/C42H18F45P/c43-22(44,25(49,50)28(55,56)31(61,62)34(67,68)37(73,74)40(79,80)81)13-16-1-7-19(8-2-16)88(20-9-3-17(4-10-20)14-23(45,46)26(51,52)29(57,58)32(63,64)35(69,70)38(75,76)41(82,83)84)21-11-5-18(6-12-21)15-24(47,48)27(53,54)30(59,60)33(65,66)36(71,72)39(77,78)42(85,86)87/h1-12H,13-15H2. The Morgan fingerprint density at radius 3 is 0.432 bits per heavy atom. The molecule has 0 amide bonds. The van der Waals surface area contributed by atoms with E-state index in [1.165, 1.54) is 0 Å². The molecule has 0 saturated heterocycles. The van der Waals surface area contributed by atoms with Crippen LogP contribution in [0, 0.1) is 0 Å². The average Bonchev–Trinajstić information content (AvgIpc) is 3.41. The third kappa shape index (κ3) is 11.3. The highest BCUT2D eigenvalue weighted by Gasteiger charge is 2.96. The molecule has 0 aliphatic carbocycles. The number of hydrogen-bond donors (Lipinski definition) is 0. The molecule has 0 N–H and O–H groups in total. The fraction of sp³-hybridized carbons (Fsp3) is 0.571. The van der Waals surface area contributed by atoms with Gasteiger partial charge in [0.1, 0.15) is 0 Å². The Morgan fingerprint density at radius 2 is 0.295 bits per heavy atom. The molecule has 0 nitrogen and oxygen atoms in total. The summed E-state index contributed by atoms with van der Waals surface area (Å²) in [5, 5.41) is -2.69. The van der Waals surface area contributed by atoms with Gasteiger partial charge < -0.3 is 0 Å². The molecule has 506 valence electrons. The number of rotatable bonds is 24. The lowest BCUT2D eigenvalue weighted by Crippen LogP contribution is -2.72. The van der Waals surface area contributed by atoms with Gasteiger partial charge in [-0.3, -0.25) is 0 Å². The maximum atomic E-state index is 14.8. The van der Waals surface area contributed by atoms with Gasteiger partial charge in [-0.05, 0) is 40.5 Å². The SMILES string of the molecule is FC(F)(F)C(F)(F)C(F)(F)C(F)(F)C(F)(F)C(F)(F)C(F)(F)Cc1ccc(P(c2ccc(CC(F)(F)C(F)(F)C(F)(F)C(F)(F)C(F)(F)C(F)(F)C(F)(F)F)cc2)c2ccc(CC(F)(F)C(F)(F)C(F)(F)C(F)(F)C(F)(F)C(F)(F)C(F)(F)F)cc2)cc1. The molecule has 0 atom stereocenters. The van der Waals surface area contributed by atoms with Crippen molar-refractivity contribution in [2.24, 2.45) is 0 Å². The van der Waals surface area contributed by atoms with Gasteiger partial charge >= 0.3 is 125 Å². The second kappa shape index (κ2) is 21.8. The minimum absolute atomic E-state index is 0.126. The van der Waals surface area contributed by atoms with E-state index in [1.807, 2.05) is 0 Å². The second-order valence-corrected chi connectivity index (χ2v) is 20.3. The molecule has 0 aliphatic heterocycles. The summed E-state index contributed by atoms with van der Waals surface area (Å²) in [6.07, 6.45) is -33.8. The molecule has 88 heavy (non-hydrogen) atoms. The van der Waals surface area contributed by atoms with E-state index in [-0.39, 0.29) is 72.8 Å². The first kappa shape index (κ1) is 77.2. The number of alkyl halides is 45. The largest absolute Gasteiger partial charge is 0.460 e. The summed E-state index contributed by atoms with van der Waals surface area (Å²) < 4.78 is 620. The van der Waals surface area contributed by atoms with Crippen LogP contribution in [-0.4, -0.2) is 125 Å². The molecule has 0 radical (unpaired) electrons. The van der Waals surface area contributed by atoms with Crippen molar-refractivity contribution in [3.05, 3.63) is 89.5 Å². The van der Waals surface area contributed by atoms with Gasteiger partial charge in [0.05, 0.1) is 0 Å². The van der Waals surface area contributed by atoms with Crippen LogP contribution in [-0.2, 0) is 19.3 Å². The number of hydrogen-bond acceptors (Lipinski definition) is 0. The molecule has 0 unspecified atom stereocenters. The maximum absolute atomic E-state index is 14.8. The van der Waals surface area contributed by atoms with Gasteiger partial charge in [-0.25, -0.2) is 0 Å². The molecule has 0 fully saturated rings. The normalized spacial score (nSPS) is 16.0. The van der Waals surface area contributed by atoms with Crippen LogP contribution in [0.4, 0.5) is 198 Å². The zero-order valence-corrected chi connectivity index (χ0v) is 40.9. The van der Waals surface area contributed by atoms with E-state index in [2.05, 4.69) is 0 Å². The highest BCUT2D eigenvalue weighted by molar-refractivity contribution is 7.79. The van der Waals surface area contributed by atoms with Crippen molar-refractivity contribution in [1.82, 2.24) is 0 Å². The smallest absolute Gasteiger partial charge is 0.199 e. The Bertz CT molecular complexity index is 2590. The van der Waals surface area contributed by atoms with Crippen LogP contribution < -0.4 is 15.9 Å². The van der Waals surface area contributed by atoms with Crippen LogP contribution in [0.15, 0.2) is 72.8 Å². The lowest BCUT2D eigenvalue weighted by molar-refractivity contribution is -0.452. The van der Waals surface area contributed by atoms with Crippen LogP contribution in [0.3, 0.4) is 0 Å². The molecule has 3 rings (SSSR count). The van der Waals surface area contributed by atoms with Gasteiger partial charge in [0.2, 0.25) is 0 Å². The predicted octanol–water partition coefficient (Wildman–Crippen LogP) is 18.2. The quantitative estimate of drug-likeness (QED) is 0.0619. The fourth-order valence-electron chi connectivity index (χ4n) is 6.84. The van der Waals surface area contributed by atoms with Crippen molar-refractivity contribution in [3.63, 3.8) is 0 Å². The Labute approximate surface area is 455 Å². The Hall–Kier alpha value is -5.06. The average molecular weight is 1410 g/mol. The lowest BCUT2D eigenvalue weighted by atomic mass is 9.89. The minimum atomic E-state index is -8.81. The van der Waals surface area contributed by atoms with Gasteiger partial charge in [-0.15, -0.1) is 0 Å². The number of benzene rings is 3. The summed E-state index contributed by atoms with van der Waals surface area (Å²) in [7, 11) is -3.26. The summed E-state index contributed by atoms with van der Waals surface area (Å²) >= 11 is 0. The van der Waals surface area contributed by atoms with Crippen molar-refractivity contribution >= 4 is 23.8 Å². The van der Waals surface area contributed by atoms with Crippen LogP contribution in [0.5, 0.6) is 0 Å². The van der Waals surface area contributed by atoms with E-state index in [9.17, 15) is 198 Å². The Morgan fingerprint density at radius 1 is 0.170 bits per heavy atom. The van der Waals surface area contributed by atoms with Crippen LogP contribution in [0.25, 0.3) is 0 Å². The van der Waals surface area contributed by atoms with E-state index < -0.39 is 185 Å². The molecule has 46 heteroatoms. The van der Waals surface area contributed by atoms with E-state index in [1.54, 1.807) is 0 Å². The summed E-state index contributed by atoms with van der Waals surface area (Å²) in [6, 6.07) is 0.0325. The molecular formula is C42H18F45P. The number of halogens is 45. The van der Waals surface area contributed by atoms with Crippen molar-refractivity contribution in [1.29, 1.82) is 0 Å². The van der Waals surface area contributed by atoms with Crippen molar-refractivity contribution in [3.8, 4) is 0 Å². The summed E-state index contributed by atoms with van der Waals surface area (Å²) in [5.41, 5.74) is -5.18. The predicted molar refractivity (Wildman–Crippen MR) is 203 cm³/mol. The van der Waals surface area contributed by atoms with Crippen molar-refractivity contribution < 1.29 is 198 Å². The summed E-state index contributed by atoms with van der Waals surface area (Å²) in [4.78, 5) is 0. The van der Waals surface area contributed by atoms with Gasteiger partial charge in [-0.2, -0.15) is 198 Å². The third-order valence-electron chi connectivity index (χ3n) is 12.0. The molecule has 0 bridgehead atoms. The zero-order chi connectivity index (χ0) is 70.1. The molecule has 0 spiro atoms. The van der Waals surface area contributed by atoms with E-state index >= 15 is 0 Å². The molecular weight excluding hydrogens is 1390 g/mol. The maximum Gasteiger partial charge on any atom is 0.460 e. The minimum Gasteiger partial charge on any atom is -0.199 e. The third-order valence-corrected chi connectivity index (χ3v) is 14.5. The fourth-order valence-corrected chi connectivity index (χ4v) is 9.07. The van der Waals surface area contributed by atoms with Gasteiger partial charge in [-0.1, -0.05) is 72.8 Å². The Kier molecular flexibility index (Phi) is 19.1. The first-order valence-corrected chi connectivity index (χ1v) is 22.6. The molecule has 0 aromatic heterocycles. The molecule has 0 aliphatic rings. The Balaban J connectivity index is 2.25. The lowest BCUT2D eigenvalue weighted by Gasteiger charge is -2.41. The van der Waals surface area contributed by atoms with Gasteiger partial charge in [0, 0.05) is 19.3 Å². The summed E-state index contributed by atoms with van der Waals surface area (Å²) in [5.74, 6) is -149.